The summed E-state index contributed by atoms with van der Waals surface area (Å²) in [7, 11) is -3.81. The van der Waals surface area contributed by atoms with Crippen LogP contribution >= 0.6 is 23.2 Å². The molecule has 1 aromatic heterocycles. The summed E-state index contributed by atoms with van der Waals surface area (Å²) in [5, 5.41) is 14.0. The van der Waals surface area contributed by atoms with E-state index in [1.54, 1.807) is 18.2 Å². The molecule has 29 heavy (non-hydrogen) atoms. The third-order valence-electron chi connectivity index (χ3n) is 3.59. The van der Waals surface area contributed by atoms with Crippen molar-refractivity contribution in [2.75, 3.05) is 10.0 Å². The van der Waals surface area contributed by atoms with Gasteiger partial charge in [0.1, 0.15) is 5.02 Å². The van der Waals surface area contributed by atoms with E-state index in [4.69, 9.17) is 23.2 Å². The lowest BCUT2D eigenvalue weighted by Crippen LogP contribution is -2.15. The van der Waals surface area contributed by atoms with Crippen LogP contribution in [0.1, 0.15) is 5.56 Å². The van der Waals surface area contributed by atoms with Crippen LogP contribution < -0.4 is 10.0 Å². The lowest BCUT2D eigenvalue weighted by molar-refractivity contribution is -0.384. The second kappa shape index (κ2) is 8.60. The molecule has 0 saturated heterocycles. The molecule has 0 radical (unpaired) electrons. The van der Waals surface area contributed by atoms with Crippen molar-refractivity contribution in [2.24, 2.45) is 0 Å². The maximum atomic E-state index is 12.5. The molecule has 0 aliphatic heterocycles. The van der Waals surface area contributed by atoms with E-state index in [0.29, 0.717) is 11.3 Å². The predicted octanol–water partition coefficient (Wildman–Crippen LogP) is 4.38. The number of sulfonamides is 1. The van der Waals surface area contributed by atoms with Crippen molar-refractivity contribution in [3.63, 3.8) is 0 Å². The van der Waals surface area contributed by atoms with Crippen molar-refractivity contribution in [2.45, 2.75) is 5.75 Å². The van der Waals surface area contributed by atoms with Crippen LogP contribution in [0.3, 0.4) is 0 Å². The van der Waals surface area contributed by atoms with Crippen LogP contribution in [0, 0.1) is 10.1 Å². The number of nitrogens with zero attached hydrogens (tertiary/aromatic N) is 3. The number of halogens is 2. The van der Waals surface area contributed by atoms with Gasteiger partial charge in [0.05, 0.1) is 22.6 Å². The summed E-state index contributed by atoms with van der Waals surface area (Å²) in [5.74, 6) is -0.150. The molecule has 0 aliphatic carbocycles. The molecule has 9 nitrogen and oxygen atoms in total. The highest BCUT2D eigenvalue weighted by Gasteiger charge is 2.15. The Bertz CT molecular complexity index is 1170. The van der Waals surface area contributed by atoms with Gasteiger partial charge in [0.25, 0.3) is 5.69 Å². The molecule has 0 atom stereocenters. The number of non-ortho nitro benzene ring substituents is 1. The molecule has 3 aromatic rings. The van der Waals surface area contributed by atoms with Gasteiger partial charge in [0.2, 0.25) is 15.3 Å². The maximum Gasteiger partial charge on any atom is 0.269 e. The van der Waals surface area contributed by atoms with E-state index in [1.807, 2.05) is 0 Å². The van der Waals surface area contributed by atoms with Crippen molar-refractivity contribution >= 4 is 56.1 Å². The first kappa shape index (κ1) is 20.8. The van der Waals surface area contributed by atoms with Crippen molar-refractivity contribution < 1.29 is 13.3 Å². The zero-order chi connectivity index (χ0) is 21.0. The summed E-state index contributed by atoms with van der Waals surface area (Å²) in [6.07, 6.45) is 1.34. The minimum atomic E-state index is -3.81. The van der Waals surface area contributed by atoms with Gasteiger partial charge in [-0.1, -0.05) is 29.8 Å². The van der Waals surface area contributed by atoms with E-state index in [1.165, 1.54) is 36.5 Å². The minimum absolute atomic E-state index is 0.00529. The van der Waals surface area contributed by atoms with Gasteiger partial charge in [-0.2, -0.15) is 4.98 Å². The third-order valence-corrected chi connectivity index (χ3v) is 5.31. The van der Waals surface area contributed by atoms with Crippen molar-refractivity contribution in [1.82, 2.24) is 9.97 Å². The fourth-order valence-electron chi connectivity index (χ4n) is 2.43. The number of anilines is 3. The first-order chi connectivity index (χ1) is 13.7. The smallest absolute Gasteiger partial charge is 0.269 e. The Morgan fingerprint density at radius 2 is 1.79 bits per heavy atom. The fourth-order valence-corrected chi connectivity index (χ4v) is 3.87. The van der Waals surface area contributed by atoms with E-state index in [9.17, 15) is 18.5 Å². The third kappa shape index (κ3) is 5.76. The number of aromatic nitrogens is 2. The molecule has 12 heteroatoms. The molecule has 150 valence electrons. The number of nitrogens with one attached hydrogen (secondary N) is 2. The van der Waals surface area contributed by atoms with Gasteiger partial charge in [-0.3, -0.25) is 14.8 Å². The number of hydrogen-bond donors (Lipinski definition) is 2. The summed E-state index contributed by atoms with van der Waals surface area (Å²) in [5.41, 5.74) is 0.918. The Morgan fingerprint density at radius 1 is 1.07 bits per heavy atom. The second-order valence-corrected chi connectivity index (χ2v) is 8.30. The lowest BCUT2D eigenvalue weighted by atomic mass is 10.2. The van der Waals surface area contributed by atoms with E-state index in [-0.39, 0.29) is 27.5 Å². The van der Waals surface area contributed by atoms with Gasteiger partial charge >= 0.3 is 0 Å². The molecule has 0 aliphatic rings. The zero-order valence-electron chi connectivity index (χ0n) is 14.5. The number of rotatable bonds is 7. The summed E-state index contributed by atoms with van der Waals surface area (Å²) >= 11 is 11.8. The highest BCUT2D eigenvalue weighted by Crippen LogP contribution is 2.26. The van der Waals surface area contributed by atoms with E-state index < -0.39 is 20.7 Å². The van der Waals surface area contributed by atoms with Crippen molar-refractivity contribution in [1.29, 1.82) is 0 Å². The Kier molecular flexibility index (Phi) is 6.16. The average molecular weight is 454 g/mol. The maximum absolute atomic E-state index is 12.5. The van der Waals surface area contributed by atoms with Crippen molar-refractivity contribution in [3.05, 3.63) is 80.7 Å². The van der Waals surface area contributed by atoms with Gasteiger partial charge in [-0.15, -0.1) is 0 Å². The monoisotopic (exact) mass is 453 g/mol. The summed E-state index contributed by atoms with van der Waals surface area (Å²) in [6.45, 7) is 0. The second-order valence-electron chi connectivity index (χ2n) is 5.83. The number of nitro groups is 1. The van der Waals surface area contributed by atoms with Crippen LogP contribution in [0.15, 0.2) is 54.7 Å². The molecule has 1 heterocycles. The van der Waals surface area contributed by atoms with Crippen LogP contribution in [0.4, 0.5) is 22.9 Å². The lowest BCUT2D eigenvalue weighted by Gasteiger charge is -2.11. The standard InChI is InChI=1S/C17H13Cl2N5O4S/c18-15-9-20-17(19)22-16(15)21-12-4-2-5-13(8-12)23-29(27,28)10-11-3-1-6-14(7-11)24(25)26/h1-9,23H,10H2,(H,20,21,22). The van der Waals surface area contributed by atoms with Gasteiger partial charge < -0.3 is 5.32 Å². The zero-order valence-corrected chi connectivity index (χ0v) is 16.9. The fraction of sp³-hybridized carbons (Fsp3) is 0.0588. The summed E-state index contributed by atoms with van der Waals surface area (Å²) < 4.78 is 27.4. The molecule has 0 unspecified atom stereocenters. The highest BCUT2D eigenvalue weighted by atomic mass is 35.5. The quantitative estimate of drug-likeness (QED) is 0.308. The largest absolute Gasteiger partial charge is 0.339 e. The van der Waals surface area contributed by atoms with E-state index in [0.717, 1.165) is 0 Å². The molecule has 0 fully saturated rings. The van der Waals surface area contributed by atoms with Crippen LogP contribution in [-0.4, -0.2) is 23.3 Å². The van der Waals surface area contributed by atoms with Gasteiger partial charge in [-0.05, 0) is 35.4 Å². The molecule has 0 bridgehead atoms. The van der Waals surface area contributed by atoms with Crippen LogP contribution in [-0.2, 0) is 15.8 Å². The normalized spacial score (nSPS) is 11.1. The Morgan fingerprint density at radius 3 is 2.55 bits per heavy atom. The molecule has 3 rings (SSSR count). The molecule has 0 saturated carbocycles. The molecular formula is C17H13Cl2N5O4S. The SMILES string of the molecule is O=[N+]([O-])c1cccc(CS(=O)(=O)Nc2cccc(Nc3nc(Cl)ncc3Cl)c2)c1. The minimum Gasteiger partial charge on any atom is -0.339 e. The first-order valence-corrected chi connectivity index (χ1v) is 10.4. The number of benzene rings is 2. The Labute approximate surface area is 175 Å². The topological polar surface area (TPSA) is 127 Å². The van der Waals surface area contributed by atoms with E-state index >= 15 is 0 Å². The highest BCUT2D eigenvalue weighted by molar-refractivity contribution is 7.91. The summed E-state index contributed by atoms with van der Waals surface area (Å²) in [4.78, 5) is 18.0. The summed E-state index contributed by atoms with van der Waals surface area (Å²) in [6, 6.07) is 11.9. The molecule has 0 amide bonds. The first-order valence-electron chi connectivity index (χ1n) is 8.01. The van der Waals surface area contributed by atoms with Crippen LogP contribution in [0.2, 0.25) is 10.3 Å². The molecular weight excluding hydrogens is 441 g/mol. The molecule has 0 spiro atoms. The van der Waals surface area contributed by atoms with Crippen molar-refractivity contribution in [3.8, 4) is 0 Å². The van der Waals surface area contributed by atoms with Gasteiger partial charge in [0.15, 0.2) is 5.82 Å². The average Bonchev–Trinajstić information content (AvgIpc) is 2.64. The van der Waals surface area contributed by atoms with E-state index in [2.05, 4.69) is 20.0 Å². The Balaban J connectivity index is 1.76. The number of nitro benzene ring substituents is 1. The molecule has 2 N–H and O–H groups in total. The van der Waals surface area contributed by atoms with Crippen LogP contribution in [0.25, 0.3) is 0 Å². The number of hydrogen-bond acceptors (Lipinski definition) is 7. The predicted molar refractivity (Wildman–Crippen MR) is 111 cm³/mol. The van der Waals surface area contributed by atoms with Crippen LogP contribution in [0.5, 0.6) is 0 Å². The van der Waals surface area contributed by atoms with Gasteiger partial charge in [0, 0.05) is 17.8 Å². The van der Waals surface area contributed by atoms with Gasteiger partial charge in [-0.25, -0.2) is 13.4 Å². The molecule has 2 aromatic carbocycles. The Hall–Kier alpha value is -2.95.